The molecule has 0 saturated heterocycles. The quantitative estimate of drug-likeness (QED) is 0.748. The standard InChI is InChI=1S/C16H25N3O2/c1-3-19(4-2)15(20)10-11-18-16(21)14(17)12-13-8-6-5-7-9-13/h5-9,14H,3-4,10-12,17H2,1-2H3,(H,18,21). The number of amides is 2. The van der Waals surface area contributed by atoms with Crippen LogP contribution in [0.4, 0.5) is 0 Å². The molecular formula is C16H25N3O2. The van der Waals surface area contributed by atoms with Crippen molar-refractivity contribution in [2.45, 2.75) is 32.7 Å². The van der Waals surface area contributed by atoms with Crippen molar-refractivity contribution in [3.05, 3.63) is 35.9 Å². The van der Waals surface area contributed by atoms with Gasteiger partial charge in [0.1, 0.15) is 0 Å². The predicted molar refractivity (Wildman–Crippen MR) is 83.7 cm³/mol. The van der Waals surface area contributed by atoms with Gasteiger partial charge in [0, 0.05) is 26.1 Å². The largest absolute Gasteiger partial charge is 0.354 e. The third kappa shape index (κ3) is 5.95. The van der Waals surface area contributed by atoms with E-state index in [1.54, 1.807) is 4.90 Å². The second kappa shape index (κ2) is 9.13. The summed E-state index contributed by atoms with van der Waals surface area (Å²) in [5, 5.41) is 2.73. The van der Waals surface area contributed by atoms with Gasteiger partial charge in [-0.1, -0.05) is 30.3 Å². The molecule has 0 aliphatic rings. The molecule has 1 aromatic carbocycles. The van der Waals surface area contributed by atoms with Gasteiger partial charge in [-0.2, -0.15) is 0 Å². The van der Waals surface area contributed by atoms with Crippen LogP contribution in [0.25, 0.3) is 0 Å². The lowest BCUT2D eigenvalue weighted by Crippen LogP contribution is -2.43. The van der Waals surface area contributed by atoms with E-state index in [4.69, 9.17) is 5.73 Å². The SMILES string of the molecule is CCN(CC)C(=O)CCNC(=O)C(N)Cc1ccccc1. The summed E-state index contributed by atoms with van der Waals surface area (Å²) in [6, 6.07) is 9.06. The van der Waals surface area contributed by atoms with Crippen LogP contribution in [0, 0.1) is 0 Å². The maximum Gasteiger partial charge on any atom is 0.237 e. The second-order valence-corrected chi connectivity index (χ2v) is 4.90. The summed E-state index contributed by atoms with van der Waals surface area (Å²) < 4.78 is 0. The van der Waals surface area contributed by atoms with Gasteiger partial charge < -0.3 is 16.0 Å². The van der Waals surface area contributed by atoms with Gasteiger partial charge in [0.15, 0.2) is 0 Å². The molecule has 116 valence electrons. The number of hydrogen-bond acceptors (Lipinski definition) is 3. The van der Waals surface area contributed by atoms with Crippen LogP contribution >= 0.6 is 0 Å². The van der Waals surface area contributed by atoms with Crippen LogP contribution in [0.2, 0.25) is 0 Å². The number of nitrogens with zero attached hydrogens (tertiary/aromatic N) is 1. The maximum absolute atomic E-state index is 11.9. The summed E-state index contributed by atoms with van der Waals surface area (Å²) in [4.78, 5) is 25.4. The molecule has 0 spiro atoms. The minimum Gasteiger partial charge on any atom is -0.354 e. The molecule has 1 atom stereocenters. The van der Waals surface area contributed by atoms with Gasteiger partial charge in [0.05, 0.1) is 6.04 Å². The Morgan fingerprint density at radius 3 is 2.38 bits per heavy atom. The van der Waals surface area contributed by atoms with Crippen molar-refractivity contribution in [3.8, 4) is 0 Å². The molecule has 5 heteroatoms. The van der Waals surface area contributed by atoms with Crippen LogP contribution in [0.1, 0.15) is 25.8 Å². The molecule has 0 heterocycles. The first-order chi connectivity index (χ1) is 10.1. The highest BCUT2D eigenvalue weighted by Gasteiger charge is 2.15. The smallest absolute Gasteiger partial charge is 0.237 e. The molecule has 0 aliphatic carbocycles. The van der Waals surface area contributed by atoms with Crippen molar-refractivity contribution in [2.75, 3.05) is 19.6 Å². The van der Waals surface area contributed by atoms with Crippen LogP contribution in [-0.4, -0.2) is 42.4 Å². The van der Waals surface area contributed by atoms with E-state index in [9.17, 15) is 9.59 Å². The van der Waals surface area contributed by atoms with Crippen molar-refractivity contribution in [1.82, 2.24) is 10.2 Å². The van der Waals surface area contributed by atoms with Gasteiger partial charge >= 0.3 is 0 Å². The van der Waals surface area contributed by atoms with Crippen molar-refractivity contribution in [3.63, 3.8) is 0 Å². The normalized spacial score (nSPS) is 11.8. The van der Waals surface area contributed by atoms with E-state index in [1.165, 1.54) is 0 Å². The van der Waals surface area contributed by atoms with Crippen molar-refractivity contribution in [1.29, 1.82) is 0 Å². The number of benzene rings is 1. The average Bonchev–Trinajstić information content (AvgIpc) is 2.49. The Bertz CT molecular complexity index is 444. The Balaban J connectivity index is 2.32. The van der Waals surface area contributed by atoms with E-state index < -0.39 is 6.04 Å². The molecule has 5 nitrogen and oxygen atoms in total. The fraction of sp³-hybridized carbons (Fsp3) is 0.500. The van der Waals surface area contributed by atoms with Crippen LogP contribution < -0.4 is 11.1 Å². The Kier molecular flexibility index (Phi) is 7.46. The van der Waals surface area contributed by atoms with Crippen molar-refractivity contribution >= 4 is 11.8 Å². The summed E-state index contributed by atoms with van der Waals surface area (Å²) >= 11 is 0. The zero-order valence-corrected chi connectivity index (χ0v) is 12.8. The van der Waals surface area contributed by atoms with Crippen LogP contribution in [0.5, 0.6) is 0 Å². The van der Waals surface area contributed by atoms with Crippen molar-refractivity contribution in [2.24, 2.45) is 5.73 Å². The third-order valence-corrected chi connectivity index (χ3v) is 3.39. The maximum atomic E-state index is 11.9. The average molecular weight is 291 g/mol. The van der Waals surface area contributed by atoms with Gasteiger partial charge in [-0.15, -0.1) is 0 Å². The van der Waals surface area contributed by atoms with E-state index in [0.717, 1.165) is 5.56 Å². The summed E-state index contributed by atoms with van der Waals surface area (Å²) in [5.74, 6) is -0.164. The lowest BCUT2D eigenvalue weighted by Gasteiger charge is -2.19. The first-order valence-corrected chi connectivity index (χ1v) is 7.43. The zero-order valence-electron chi connectivity index (χ0n) is 12.8. The molecule has 0 aliphatic heterocycles. The Morgan fingerprint density at radius 2 is 1.81 bits per heavy atom. The highest BCUT2D eigenvalue weighted by molar-refractivity contribution is 5.82. The number of rotatable bonds is 8. The van der Waals surface area contributed by atoms with Crippen LogP contribution in [0.3, 0.4) is 0 Å². The third-order valence-electron chi connectivity index (χ3n) is 3.39. The van der Waals surface area contributed by atoms with Gasteiger partial charge in [-0.3, -0.25) is 9.59 Å². The molecule has 1 aromatic rings. The highest BCUT2D eigenvalue weighted by atomic mass is 16.2. The highest BCUT2D eigenvalue weighted by Crippen LogP contribution is 2.02. The van der Waals surface area contributed by atoms with Crippen LogP contribution in [-0.2, 0) is 16.0 Å². The lowest BCUT2D eigenvalue weighted by molar-refractivity contribution is -0.130. The van der Waals surface area contributed by atoms with Crippen LogP contribution in [0.15, 0.2) is 30.3 Å². The molecule has 1 unspecified atom stereocenters. The van der Waals surface area contributed by atoms with Gasteiger partial charge in [0.25, 0.3) is 0 Å². The molecule has 3 N–H and O–H groups in total. The number of nitrogens with one attached hydrogen (secondary N) is 1. The van der Waals surface area contributed by atoms with E-state index in [2.05, 4.69) is 5.32 Å². The molecule has 0 aromatic heterocycles. The van der Waals surface area contributed by atoms with E-state index in [-0.39, 0.29) is 11.8 Å². The molecule has 1 rings (SSSR count). The monoisotopic (exact) mass is 291 g/mol. The lowest BCUT2D eigenvalue weighted by atomic mass is 10.1. The second-order valence-electron chi connectivity index (χ2n) is 4.90. The summed E-state index contributed by atoms with van der Waals surface area (Å²) in [5.41, 5.74) is 6.90. The topological polar surface area (TPSA) is 75.4 Å². The van der Waals surface area contributed by atoms with Gasteiger partial charge in [-0.05, 0) is 25.8 Å². The predicted octanol–water partition coefficient (Wildman–Crippen LogP) is 0.931. The summed E-state index contributed by atoms with van der Waals surface area (Å²) in [6.45, 7) is 5.59. The molecule has 0 fully saturated rings. The number of nitrogens with two attached hydrogens (primary N) is 1. The summed E-state index contributed by atoms with van der Waals surface area (Å²) in [7, 11) is 0. The fourth-order valence-electron chi connectivity index (χ4n) is 2.12. The molecule has 0 bridgehead atoms. The minimum atomic E-state index is -0.587. The van der Waals surface area contributed by atoms with Crippen molar-refractivity contribution < 1.29 is 9.59 Å². The molecule has 2 amide bonds. The molecule has 0 radical (unpaired) electrons. The zero-order chi connectivity index (χ0) is 15.7. The van der Waals surface area contributed by atoms with E-state index in [0.29, 0.717) is 32.5 Å². The number of carbonyl (C=O) groups is 2. The first kappa shape index (κ1) is 17.2. The molecule has 0 saturated carbocycles. The minimum absolute atomic E-state index is 0.0527. The van der Waals surface area contributed by atoms with E-state index in [1.807, 2.05) is 44.2 Å². The number of hydrogen-bond donors (Lipinski definition) is 2. The Morgan fingerprint density at radius 1 is 1.19 bits per heavy atom. The molecule has 21 heavy (non-hydrogen) atoms. The first-order valence-electron chi connectivity index (χ1n) is 7.43. The van der Waals surface area contributed by atoms with Gasteiger partial charge in [-0.25, -0.2) is 0 Å². The Labute approximate surface area is 126 Å². The summed E-state index contributed by atoms with van der Waals surface area (Å²) in [6.07, 6.45) is 0.808. The molecular weight excluding hydrogens is 266 g/mol. The fourth-order valence-corrected chi connectivity index (χ4v) is 2.12. The van der Waals surface area contributed by atoms with E-state index >= 15 is 0 Å². The Hall–Kier alpha value is -1.88. The van der Waals surface area contributed by atoms with Gasteiger partial charge in [0.2, 0.25) is 11.8 Å². The number of carbonyl (C=O) groups excluding carboxylic acids is 2.